The second-order valence-corrected chi connectivity index (χ2v) is 6.26. The second-order valence-electron chi connectivity index (χ2n) is 5.40. The maximum atomic E-state index is 12.2. The summed E-state index contributed by atoms with van der Waals surface area (Å²) in [5.74, 6) is 0.160. The number of benzene rings is 1. The summed E-state index contributed by atoms with van der Waals surface area (Å²) >= 11 is 3.61. The summed E-state index contributed by atoms with van der Waals surface area (Å²) < 4.78 is 0.996. The number of amides is 1. The fraction of sp³-hybridized carbons (Fsp3) is 0.500. The van der Waals surface area contributed by atoms with Gasteiger partial charge in [-0.3, -0.25) is 4.79 Å². The van der Waals surface area contributed by atoms with Crippen LogP contribution in [0.5, 0.6) is 0 Å². The lowest BCUT2D eigenvalue weighted by Crippen LogP contribution is -2.62. The van der Waals surface area contributed by atoms with E-state index >= 15 is 0 Å². The van der Waals surface area contributed by atoms with E-state index in [1.165, 1.54) is 0 Å². The van der Waals surface area contributed by atoms with Crippen molar-refractivity contribution in [2.24, 2.45) is 0 Å². The molecule has 1 unspecified atom stereocenters. The third kappa shape index (κ3) is 2.05. The zero-order valence-corrected chi connectivity index (χ0v) is 12.8. The van der Waals surface area contributed by atoms with Crippen molar-refractivity contribution in [2.45, 2.75) is 25.9 Å². The summed E-state index contributed by atoms with van der Waals surface area (Å²) in [6.07, 6.45) is 0. The highest BCUT2D eigenvalue weighted by Crippen LogP contribution is 2.42. The van der Waals surface area contributed by atoms with E-state index in [1.807, 2.05) is 17.0 Å². The monoisotopic (exact) mass is 323 g/mol. The molecule has 0 radical (unpaired) electrons. The van der Waals surface area contributed by atoms with E-state index in [9.17, 15) is 4.79 Å². The lowest BCUT2D eigenvalue weighted by Gasteiger charge is -2.47. The molecule has 102 valence electrons. The van der Waals surface area contributed by atoms with Gasteiger partial charge in [0.05, 0.1) is 24.0 Å². The normalized spacial score (nSPS) is 22.5. The smallest absolute Gasteiger partial charge is 0.241 e. The van der Waals surface area contributed by atoms with Gasteiger partial charge in [-0.25, -0.2) is 0 Å². The Hall–Kier alpha value is -1.07. The van der Waals surface area contributed by atoms with E-state index in [2.05, 4.69) is 46.1 Å². The van der Waals surface area contributed by atoms with Gasteiger partial charge < -0.3 is 15.1 Å². The minimum absolute atomic E-state index is 0.160. The molecule has 3 rings (SSSR count). The summed E-state index contributed by atoms with van der Waals surface area (Å²) in [4.78, 5) is 16.6. The van der Waals surface area contributed by atoms with Crippen LogP contribution in [0.2, 0.25) is 0 Å². The first-order valence-electron chi connectivity index (χ1n) is 6.67. The Morgan fingerprint density at radius 3 is 2.95 bits per heavy atom. The van der Waals surface area contributed by atoms with Crippen LogP contribution in [0.1, 0.15) is 13.8 Å². The molecule has 5 heteroatoms. The molecule has 0 aromatic heterocycles. The Bertz CT molecular complexity index is 517. The summed E-state index contributed by atoms with van der Waals surface area (Å²) in [7, 11) is 0. The van der Waals surface area contributed by atoms with Gasteiger partial charge in [0.25, 0.3) is 0 Å². The predicted molar refractivity (Wildman–Crippen MR) is 80.8 cm³/mol. The predicted octanol–water partition coefficient (Wildman–Crippen LogP) is 1.98. The molecule has 2 aliphatic rings. The van der Waals surface area contributed by atoms with Gasteiger partial charge >= 0.3 is 0 Å². The standard InChI is InChI=1S/C14H18BrN3O/c1-9(2)17-8-10-6-16-7-13(19)18(10)14-11(15)4-3-5-12(14)17/h3-5,9-10,16H,6-8H2,1-2H3. The van der Waals surface area contributed by atoms with Crippen LogP contribution in [0.15, 0.2) is 22.7 Å². The maximum absolute atomic E-state index is 12.2. The van der Waals surface area contributed by atoms with E-state index < -0.39 is 0 Å². The molecule has 1 fully saturated rings. The number of halogens is 1. The van der Waals surface area contributed by atoms with Crippen LogP contribution in [0.25, 0.3) is 0 Å². The summed E-state index contributed by atoms with van der Waals surface area (Å²) in [5.41, 5.74) is 2.18. The highest BCUT2D eigenvalue weighted by Gasteiger charge is 2.38. The molecular weight excluding hydrogens is 306 g/mol. The fourth-order valence-electron chi connectivity index (χ4n) is 2.97. The van der Waals surface area contributed by atoms with Gasteiger partial charge in [0.1, 0.15) is 0 Å². The largest absolute Gasteiger partial charge is 0.365 e. The number of rotatable bonds is 1. The Morgan fingerprint density at radius 2 is 2.21 bits per heavy atom. The van der Waals surface area contributed by atoms with Crippen molar-refractivity contribution in [3.05, 3.63) is 22.7 Å². The molecule has 1 amide bonds. The van der Waals surface area contributed by atoms with Gasteiger partial charge in [-0.05, 0) is 41.9 Å². The Labute approximate surface area is 121 Å². The van der Waals surface area contributed by atoms with Crippen molar-refractivity contribution >= 4 is 33.2 Å². The number of nitrogens with zero attached hydrogens (tertiary/aromatic N) is 2. The molecule has 1 aromatic carbocycles. The number of fused-ring (bicyclic) bond motifs is 3. The third-order valence-corrected chi connectivity index (χ3v) is 4.48. The van der Waals surface area contributed by atoms with Gasteiger partial charge in [-0.1, -0.05) is 6.07 Å². The number of hydrogen-bond acceptors (Lipinski definition) is 3. The summed E-state index contributed by atoms with van der Waals surface area (Å²) in [6.45, 7) is 6.56. The van der Waals surface area contributed by atoms with Crippen LogP contribution >= 0.6 is 15.9 Å². The molecule has 1 aromatic rings. The number of carbonyl (C=O) groups excluding carboxylic acids is 1. The van der Waals surface area contributed by atoms with Crippen LogP contribution < -0.4 is 15.1 Å². The minimum Gasteiger partial charge on any atom is -0.365 e. The average Bonchev–Trinajstić information content (AvgIpc) is 2.38. The molecule has 2 aliphatic heterocycles. The molecule has 0 aliphatic carbocycles. The minimum atomic E-state index is 0.160. The number of hydrogen-bond donors (Lipinski definition) is 1. The van der Waals surface area contributed by atoms with Gasteiger partial charge in [0.2, 0.25) is 5.91 Å². The number of nitrogens with one attached hydrogen (secondary N) is 1. The van der Waals surface area contributed by atoms with Crippen LogP contribution in [0.3, 0.4) is 0 Å². The van der Waals surface area contributed by atoms with Crippen molar-refractivity contribution in [3.63, 3.8) is 0 Å². The Balaban J connectivity index is 2.14. The van der Waals surface area contributed by atoms with Crippen LogP contribution in [0.4, 0.5) is 11.4 Å². The highest BCUT2D eigenvalue weighted by molar-refractivity contribution is 9.10. The zero-order chi connectivity index (χ0) is 13.6. The first-order valence-corrected chi connectivity index (χ1v) is 7.47. The topological polar surface area (TPSA) is 35.6 Å². The van der Waals surface area contributed by atoms with Crippen molar-refractivity contribution in [2.75, 3.05) is 29.4 Å². The van der Waals surface area contributed by atoms with Gasteiger partial charge in [-0.15, -0.1) is 0 Å². The zero-order valence-electron chi connectivity index (χ0n) is 11.2. The van der Waals surface area contributed by atoms with Crippen LogP contribution in [-0.4, -0.2) is 37.6 Å². The van der Waals surface area contributed by atoms with Crippen LogP contribution in [-0.2, 0) is 4.79 Å². The third-order valence-electron chi connectivity index (χ3n) is 3.84. The van der Waals surface area contributed by atoms with Crippen molar-refractivity contribution in [1.82, 2.24) is 5.32 Å². The molecule has 19 heavy (non-hydrogen) atoms. The van der Waals surface area contributed by atoms with Crippen LogP contribution in [0, 0.1) is 0 Å². The Kier molecular flexibility index (Phi) is 3.27. The molecule has 1 saturated heterocycles. The lowest BCUT2D eigenvalue weighted by atomic mass is 10.0. The fourth-order valence-corrected chi connectivity index (χ4v) is 3.51. The molecule has 0 bridgehead atoms. The van der Waals surface area contributed by atoms with Gasteiger partial charge in [0, 0.05) is 23.6 Å². The Morgan fingerprint density at radius 1 is 1.42 bits per heavy atom. The molecule has 0 spiro atoms. The van der Waals surface area contributed by atoms with Gasteiger partial charge in [-0.2, -0.15) is 0 Å². The quantitative estimate of drug-likeness (QED) is 0.858. The number of carbonyl (C=O) groups is 1. The second kappa shape index (κ2) is 4.80. The molecule has 2 heterocycles. The molecular formula is C14H18BrN3O. The first kappa shape index (κ1) is 12.9. The number of para-hydroxylation sites is 1. The van der Waals surface area contributed by atoms with Gasteiger partial charge in [0.15, 0.2) is 0 Å². The van der Waals surface area contributed by atoms with E-state index in [0.717, 1.165) is 28.9 Å². The van der Waals surface area contributed by atoms with Crippen molar-refractivity contribution in [3.8, 4) is 0 Å². The summed E-state index contributed by atoms with van der Waals surface area (Å²) in [6, 6.07) is 6.79. The maximum Gasteiger partial charge on any atom is 0.241 e. The molecule has 1 atom stereocenters. The SMILES string of the molecule is CC(C)N1CC2CNCC(=O)N2c2c(Br)cccc21. The molecule has 1 N–H and O–H groups in total. The first-order chi connectivity index (χ1) is 9.09. The highest BCUT2D eigenvalue weighted by atomic mass is 79.9. The number of anilines is 2. The van der Waals surface area contributed by atoms with E-state index in [1.54, 1.807) is 0 Å². The lowest BCUT2D eigenvalue weighted by molar-refractivity contribution is -0.119. The van der Waals surface area contributed by atoms with E-state index in [-0.39, 0.29) is 11.9 Å². The number of piperazine rings is 1. The molecule has 0 saturated carbocycles. The average molecular weight is 324 g/mol. The summed E-state index contributed by atoms with van der Waals surface area (Å²) in [5, 5.41) is 3.21. The van der Waals surface area contributed by atoms with E-state index in [4.69, 9.17) is 0 Å². The van der Waals surface area contributed by atoms with E-state index in [0.29, 0.717) is 12.6 Å². The van der Waals surface area contributed by atoms with Crippen molar-refractivity contribution in [1.29, 1.82) is 0 Å². The molecule has 4 nitrogen and oxygen atoms in total. The van der Waals surface area contributed by atoms with Crippen molar-refractivity contribution < 1.29 is 4.79 Å².